The molecular formula is C9H12O3. The Kier molecular flexibility index (Phi) is 2.15. The second-order valence-corrected chi connectivity index (χ2v) is 3.80. The standard InChI is InChI=1S/C9H12O3/c1-9(2)4-7(11)3-6(5-10)8(9)12/h3,5,8,12H,4H2,1-2H3/t8-/m1/s1. The normalized spacial score (nSPS) is 28.1. The summed E-state index contributed by atoms with van der Waals surface area (Å²) in [4.78, 5) is 21.5. The summed E-state index contributed by atoms with van der Waals surface area (Å²) in [5.41, 5.74) is -0.321. The number of aldehydes is 1. The molecule has 0 saturated heterocycles. The van der Waals surface area contributed by atoms with Crippen LogP contribution < -0.4 is 0 Å². The maximum Gasteiger partial charge on any atom is 0.156 e. The lowest BCUT2D eigenvalue weighted by Gasteiger charge is -2.32. The van der Waals surface area contributed by atoms with Gasteiger partial charge in [0.05, 0.1) is 6.10 Å². The largest absolute Gasteiger partial charge is 0.388 e. The Morgan fingerprint density at radius 3 is 2.75 bits per heavy atom. The average molecular weight is 168 g/mol. The minimum Gasteiger partial charge on any atom is -0.388 e. The van der Waals surface area contributed by atoms with E-state index in [9.17, 15) is 14.7 Å². The summed E-state index contributed by atoms with van der Waals surface area (Å²) in [6.45, 7) is 3.54. The quantitative estimate of drug-likeness (QED) is 0.579. The SMILES string of the molecule is CC1(C)CC(=O)C=C(C=O)[C@H]1O. The molecule has 0 saturated carbocycles. The van der Waals surface area contributed by atoms with Crippen molar-refractivity contribution in [1.82, 2.24) is 0 Å². The fourth-order valence-corrected chi connectivity index (χ4v) is 1.41. The molecule has 3 heteroatoms. The van der Waals surface area contributed by atoms with Crippen LogP contribution in [0.2, 0.25) is 0 Å². The van der Waals surface area contributed by atoms with E-state index in [1.54, 1.807) is 13.8 Å². The molecule has 0 radical (unpaired) electrons. The molecule has 0 aromatic rings. The zero-order valence-electron chi connectivity index (χ0n) is 7.20. The maximum absolute atomic E-state index is 11.0. The molecule has 66 valence electrons. The molecule has 0 aromatic heterocycles. The third-order valence-corrected chi connectivity index (χ3v) is 2.15. The van der Waals surface area contributed by atoms with Crippen molar-refractivity contribution in [3.05, 3.63) is 11.6 Å². The van der Waals surface area contributed by atoms with E-state index in [0.717, 1.165) is 0 Å². The first-order valence-electron chi connectivity index (χ1n) is 3.85. The Bertz CT molecular complexity index is 250. The molecule has 0 fully saturated rings. The fourth-order valence-electron chi connectivity index (χ4n) is 1.41. The minimum absolute atomic E-state index is 0.0904. The highest BCUT2D eigenvalue weighted by atomic mass is 16.3. The second kappa shape index (κ2) is 2.83. The molecule has 1 aliphatic rings. The molecule has 1 N–H and O–H groups in total. The molecule has 0 heterocycles. The van der Waals surface area contributed by atoms with Crippen molar-refractivity contribution in [2.45, 2.75) is 26.4 Å². The van der Waals surface area contributed by atoms with Crippen molar-refractivity contribution < 1.29 is 14.7 Å². The van der Waals surface area contributed by atoms with Gasteiger partial charge in [-0.15, -0.1) is 0 Å². The third kappa shape index (κ3) is 1.46. The van der Waals surface area contributed by atoms with Crippen LogP contribution in [0.3, 0.4) is 0 Å². The lowest BCUT2D eigenvalue weighted by Crippen LogP contribution is -2.37. The first-order valence-corrected chi connectivity index (χ1v) is 3.85. The molecule has 1 atom stereocenters. The monoisotopic (exact) mass is 168 g/mol. The fraction of sp³-hybridized carbons (Fsp3) is 0.556. The summed E-state index contributed by atoms with van der Waals surface area (Å²) >= 11 is 0. The highest BCUT2D eigenvalue weighted by Crippen LogP contribution is 2.33. The number of ketones is 1. The lowest BCUT2D eigenvalue weighted by molar-refractivity contribution is -0.120. The van der Waals surface area contributed by atoms with Crippen LogP contribution in [0.4, 0.5) is 0 Å². The van der Waals surface area contributed by atoms with E-state index in [1.165, 1.54) is 6.08 Å². The number of carbonyl (C=O) groups excluding carboxylic acids is 2. The molecule has 3 nitrogen and oxygen atoms in total. The Balaban J connectivity index is 3.03. The van der Waals surface area contributed by atoms with Gasteiger partial charge in [-0.2, -0.15) is 0 Å². The second-order valence-electron chi connectivity index (χ2n) is 3.80. The summed E-state index contributed by atoms with van der Waals surface area (Å²) in [5, 5.41) is 9.56. The Morgan fingerprint density at radius 2 is 2.25 bits per heavy atom. The number of carbonyl (C=O) groups is 2. The number of allylic oxidation sites excluding steroid dienone is 1. The van der Waals surface area contributed by atoms with Crippen LogP contribution in [0.15, 0.2) is 11.6 Å². The maximum atomic E-state index is 11.0. The molecule has 0 spiro atoms. The zero-order valence-corrected chi connectivity index (χ0v) is 7.20. The molecule has 0 unspecified atom stereocenters. The minimum atomic E-state index is -0.812. The van der Waals surface area contributed by atoms with E-state index in [1.807, 2.05) is 0 Å². The van der Waals surface area contributed by atoms with Crippen molar-refractivity contribution >= 4 is 12.1 Å². The van der Waals surface area contributed by atoms with Crippen LogP contribution >= 0.6 is 0 Å². The average Bonchev–Trinajstić information content (AvgIpc) is 1.96. The van der Waals surface area contributed by atoms with Crippen LogP contribution in [-0.4, -0.2) is 23.3 Å². The Labute approximate surface area is 71.1 Å². The molecule has 1 rings (SSSR count). The molecule has 0 bridgehead atoms. The highest BCUT2D eigenvalue weighted by molar-refractivity contribution is 5.97. The Hall–Kier alpha value is -0.960. The van der Waals surface area contributed by atoms with Gasteiger partial charge in [-0.3, -0.25) is 9.59 Å². The number of rotatable bonds is 1. The first-order chi connectivity index (χ1) is 5.47. The van der Waals surface area contributed by atoms with Crippen LogP contribution in [-0.2, 0) is 9.59 Å². The van der Waals surface area contributed by atoms with Crippen molar-refractivity contribution in [2.24, 2.45) is 5.41 Å². The summed E-state index contributed by atoms with van der Waals surface area (Å²) < 4.78 is 0. The molecule has 0 amide bonds. The van der Waals surface area contributed by atoms with E-state index in [4.69, 9.17) is 0 Å². The van der Waals surface area contributed by atoms with Gasteiger partial charge in [0, 0.05) is 17.4 Å². The van der Waals surface area contributed by atoms with Crippen LogP contribution in [0.5, 0.6) is 0 Å². The van der Waals surface area contributed by atoms with Gasteiger partial charge in [-0.1, -0.05) is 13.8 Å². The van der Waals surface area contributed by atoms with Gasteiger partial charge in [0.15, 0.2) is 5.78 Å². The van der Waals surface area contributed by atoms with Crippen molar-refractivity contribution in [3.8, 4) is 0 Å². The number of hydrogen-bond acceptors (Lipinski definition) is 3. The smallest absolute Gasteiger partial charge is 0.156 e. The van der Waals surface area contributed by atoms with E-state index in [2.05, 4.69) is 0 Å². The van der Waals surface area contributed by atoms with Gasteiger partial charge < -0.3 is 5.11 Å². The van der Waals surface area contributed by atoms with Gasteiger partial charge in [-0.25, -0.2) is 0 Å². The van der Waals surface area contributed by atoms with Gasteiger partial charge >= 0.3 is 0 Å². The van der Waals surface area contributed by atoms with Gasteiger partial charge in [0.1, 0.15) is 6.29 Å². The number of aliphatic hydroxyl groups is 1. The van der Waals surface area contributed by atoms with E-state index >= 15 is 0 Å². The van der Waals surface area contributed by atoms with E-state index in [0.29, 0.717) is 12.7 Å². The summed E-state index contributed by atoms with van der Waals surface area (Å²) in [6.07, 6.45) is 1.26. The zero-order chi connectivity index (χ0) is 9.35. The molecule has 1 aliphatic carbocycles. The van der Waals surface area contributed by atoms with Gasteiger partial charge in [0.2, 0.25) is 0 Å². The van der Waals surface area contributed by atoms with E-state index < -0.39 is 11.5 Å². The predicted octanol–water partition coefficient (Wildman–Crippen LogP) is 0.472. The Morgan fingerprint density at radius 1 is 1.67 bits per heavy atom. The van der Waals surface area contributed by atoms with Gasteiger partial charge in [0.25, 0.3) is 0 Å². The topological polar surface area (TPSA) is 54.4 Å². The van der Waals surface area contributed by atoms with Crippen LogP contribution in [0.1, 0.15) is 20.3 Å². The highest BCUT2D eigenvalue weighted by Gasteiger charge is 2.36. The molecule has 0 aromatic carbocycles. The van der Waals surface area contributed by atoms with Crippen LogP contribution in [0, 0.1) is 5.41 Å². The number of hydrogen-bond donors (Lipinski definition) is 1. The molecular weight excluding hydrogens is 156 g/mol. The molecule has 0 aliphatic heterocycles. The lowest BCUT2D eigenvalue weighted by atomic mass is 9.74. The number of aliphatic hydroxyl groups excluding tert-OH is 1. The summed E-state index contributed by atoms with van der Waals surface area (Å²) in [6, 6.07) is 0. The first kappa shape index (κ1) is 9.13. The third-order valence-electron chi connectivity index (χ3n) is 2.15. The van der Waals surface area contributed by atoms with Crippen molar-refractivity contribution in [2.75, 3.05) is 0 Å². The predicted molar refractivity (Wildman–Crippen MR) is 43.6 cm³/mol. The van der Waals surface area contributed by atoms with E-state index in [-0.39, 0.29) is 11.4 Å². The summed E-state index contributed by atoms with van der Waals surface area (Å²) in [5.74, 6) is -0.0904. The van der Waals surface area contributed by atoms with Crippen LogP contribution in [0.25, 0.3) is 0 Å². The van der Waals surface area contributed by atoms with Gasteiger partial charge in [-0.05, 0) is 6.08 Å². The van der Waals surface area contributed by atoms with Crippen molar-refractivity contribution in [3.63, 3.8) is 0 Å². The molecule has 12 heavy (non-hydrogen) atoms. The van der Waals surface area contributed by atoms with Crippen molar-refractivity contribution in [1.29, 1.82) is 0 Å². The summed E-state index contributed by atoms with van der Waals surface area (Å²) in [7, 11) is 0.